The Kier molecular flexibility index (Phi) is 3.28. The lowest BCUT2D eigenvalue weighted by atomic mass is 10.1. The van der Waals surface area contributed by atoms with Crippen LogP contribution >= 0.6 is 0 Å². The number of aliphatic carboxylic acids is 1. The summed E-state index contributed by atoms with van der Waals surface area (Å²) in [5, 5.41) is 8.55. The van der Waals surface area contributed by atoms with E-state index in [9.17, 15) is 9.59 Å². The van der Waals surface area contributed by atoms with Crippen molar-refractivity contribution in [3.8, 4) is 0 Å². The molecule has 0 heterocycles. The zero-order chi connectivity index (χ0) is 11.4. The van der Waals surface area contributed by atoms with Crippen molar-refractivity contribution in [3.05, 3.63) is 29.8 Å². The van der Waals surface area contributed by atoms with E-state index >= 15 is 0 Å². The molecule has 0 aliphatic heterocycles. The van der Waals surface area contributed by atoms with E-state index in [-0.39, 0.29) is 6.42 Å². The van der Waals surface area contributed by atoms with Gasteiger partial charge in [0.15, 0.2) is 0 Å². The van der Waals surface area contributed by atoms with Crippen molar-refractivity contribution in [1.82, 2.24) is 0 Å². The van der Waals surface area contributed by atoms with Crippen LogP contribution in [0.3, 0.4) is 0 Å². The summed E-state index contributed by atoms with van der Waals surface area (Å²) >= 11 is 0. The largest absolute Gasteiger partial charge is 0.481 e. The summed E-state index contributed by atoms with van der Waals surface area (Å²) in [6, 6.07) is 6.07. The van der Waals surface area contributed by atoms with Crippen molar-refractivity contribution >= 4 is 17.7 Å². The van der Waals surface area contributed by atoms with E-state index in [0.29, 0.717) is 11.3 Å². The number of carbonyl (C=O) groups is 2. The third-order valence-electron chi connectivity index (χ3n) is 2.01. The Bertz CT molecular complexity index is 373. The number of rotatable bonds is 3. The fourth-order valence-corrected chi connectivity index (χ4v) is 1.14. The van der Waals surface area contributed by atoms with Crippen molar-refractivity contribution in [1.29, 1.82) is 0 Å². The SMILES string of the molecule is CN(C(N)=O)c1ccc(CC(=O)O)cc1. The number of amides is 2. The second kappa shape index (κ2) is 4.45. The molecule has 2 amide bonds. The molecule has 0 radical (unpaired) electrons. The van der Waals surface area contributed by atoms with Crippen LogP contribution in [0, 0.1) is 0 Å². The number of hydrogen-bond acceptors (Lipinski definition) is 2. The smallest absolute Gasteiger partial charge is 0.318 e. The topological polar surface area (TPSA) is 83.6 Å². The van der Waals surface area contributed by atoms with Gasteiger partial charge in [-0.25, -0.2) is 4.79 Å². The van der Waals surface area contributed by atoms with Crippen LogP contribution in [0.4, 0.5) is 10.5 Å². The van der Waals surface area contributed by atoms with Gasteiger partial charge in [-0.05, 0) is 17.7 Å². The predicted molar refractivity (Wildman–Crippen MR) is 55.8 cm³/mol. The normalized spacial score (nSPS) is 9.67. The summed E-state index contributed by atoms with van der Waals surface area (Å²) in [7, 11) is 1.55. The molecule has 0 aliphatic carbocycles. The highest BCUT2D eigenvalue weighted by atomic mass is 16.4. The average Bonchev–Trinajstić information content (AvgIpc) is 2.17. The highest BCUT2D eigenvalue weighted by Gasteiger charge is 2.06. The van der Waals surface area contributed by atoms with E-state index in [1.165, 1.54) is 4.90 Å². The third kappa shape index (κ3) is 2.98. The van der Waals surface area contributed by atoms with E-state index in [1.807, 2.05) is 0 Å². The molecule has 0 bridgehead atoms. The standard InChI is InChI=1S/C10H12N2O3/c1-12(10(11)15)8-4-2-7(3-5-8)6-9(13)14/h2-5H,6H2,1H3,(H2,11,15)(H,13,14). The van der Waals surface area contributed by atoms with Crippen LogP contribution in [-0.4, -0.2) is 24.2 Å². The Labute approximate surface area is 87.1 Å². The predicted octanol–water partition coefficient (Wildman–Crippen LogP) is 0.829. The van der Waals surface area contributed by atoms with Crippen LogP contribution in [0.1, 0.15) is 5.56 Å². The van der Waals surface area contributed by atoms with Crippen molar-refractivity contribution in [2.24, 2.45) is 5.73 Å². The number of hydrogen-bond donors (Lipinski definition) is 2. The van der Waals surface area contributed by atoms with Gasteiger partial charge >= 0.3 is 12.0 Å². The molecule has 0 spiro atoms. The first-order valence-corrected chi connectivity index (χ1v) is 4.34. The Balaban J connectivity index is 2.80. The molecule has 3 N–H and O–H groups in total. The Morgan fingerprint density at radius 1 is 1.33 bits per heavy atom. The van der Waals surface area contributed by atoms with Crippen molar-refractivity contribution in [3.63, 3.8) is 0 Å². The molecule has 5 heteroatoms. The molecule has 0 atom stereocenters. The zero-order valence-corrected chi connectivity index (χ0v) is 8.30. The molecule has 0 saturated carbocycles. The van der Waals surface area contributed by atoms with E-state index in [0.717, 1.165) is 0 Å². The summed E-state index contributed by atoms with van der Waals surface area (Å²) in [6.45, 7) is 0. The van der Waals surface area contributed by atoms with Gasteiger partial charge in [0.2, 0.25) is 0 Å². The first-order valence-electron chi connectivity index (χ1n) is 4.34. The number of benzene rings is 1. The number of nitrogens with zero attached hydrogens (tertiary/aromatic N) is 1. The first kappa shape index (κ1) is 11.0. The van der Waals surface area contributed by atoms with Gasteiger partial charge in [-0.3, -0.25) is 9.69 Å². The highest BCUT2D eigenvalue weighted by Crippen LogP contribution is 2.13. The van der Waals surface area contributed by atoms with Gasteiger partial charge in [0.25, 0.3) is 0 Å². The molecule has 1 rings (SSSR count). The maximum absolute atomic E-state index is 10.8. The minimum atomic E-state index is -0.883. The Morgan fingerprint density at radius 2 is 1.87 bits per heavy atom. The number of carboxylic acids is 1. The second-order valence-corrected chi connectivity index (χ2v) is 3.13. The number of carbonyl (C=O) groups excluding carboxylic acids is 1. The van der Waals surface area contributed by atoms with E-state index in [4.69, 9.17) is 10.8 Å². The monoisotopic (exact) mass is 208 g/mol. The fraction of sp³-hybridized carbons (Fsp3) is 0.200. The maximum Gasteiger partial charge on any atom is 0.318 e. The third-order valence-corrected chi connectivity index (χ3v) is 2.01. The van der Waals surface area contributed by atoms with Crippen LogP contribution in [0.25, 0.3) is 0 Å². The lowest BCUT2D eigenvalue weighted by Crippen LogP contribution is -2.31. The number of anilines is 1. The second-order valence-electron chi connectivity index (χ2n) is 3.13. The summed E-state index contributed by atoms with van der Waals surface area (Å²) < 4.78 is 0. The number of primary amides is 1. The number of nitrogens with two attached hydrogens (primary N) is 1. The van der Waals surface area contributed by atoms with Gasteiger partial charge in [-0.15, -0.1) is 0 Å². The molecular formula is C10H12N2O3. The van der Waals surface area contributed by atoms with Crippen molar-refractivity contribution in [2.75, 3.05) is 11.9 Å². The molecule has 5 nitrogen and oxygen atoms in total. The van der Waals surface area contributed by atoms with Crippen LogP contribution in [0.15, 0.2) is 24.3 Å². The minimum Gasteiger partial charge on any atom is -0.481 e. The summed E-state index contributed by atoms with van der Waals surface area (Å²) in [5.74, 6) is -0.883. The van der Waals surface area contributed by atoms with Gasteiger partial charge in [-0.1, -0.05) is 12.1 Å². The average molecular weight is 208 g/mol. The summed E-state index contributed by atoms with van der Waals surface area (Å²) in [5.41, 5.74) is 6.40. The lowest BCUT2D eigenvalue weighted by Gasteiger charge is -2.14. The molecule has 0 aromatic heterocycles. The quantitative estimate of drug-likeness (QED) is 0.771. The van der Waals surface area contributed by atoms with Crippen molar-refractivity contribution < 1.29 is 14.7 Å². The van der Waals surface area contributed by atoms with Crippen LogP contribution in [0.2, 0.25) is 0 Å². The Hall–Kier alpha value is -2.04. The van der Waals surface area contributed by atoms with Gasteiger partial charge in [0, 0.05) is 12.7 Å². The van der Waals surface area contributed by atoms with Gasteiger partial charge in [-0.2, -0.15) is 0 Å². The Morgan fingerprint density at radius 3 is 2.27 bits per heavy atom. The van der Waals surface area contributed by atoms with Crippen molar-refractivity contribution in [2.45, 2.75) is 6.42 Å². The van der Waals surface area contributed by atoms with Gasteiger partial charge < -0.3 is 10.8 Å². The number of carboxylic acid groups (broad SMARTS) is 1. The number of urea groups is 1. The summed E-state index contributed by atoms with van der Waals surface area (Å²) in [6.07, 6.45) is -0.0272. The van der Waals surface area contributed by atoms with Crippen LogP contribution < -0.4 is 10.6 Å². The highest BCUT2D eigenvalue weighted by molar-refractivity contribution is 5.90. The van der Waals surface area contributed by atoms with E-state index in [2.05, 4.69) is 0 Å². The lowest BCUT2D eigenvalue weighted by molar-refractivity contribution is -0.136. The fourth-order valence-electron chi connectivity index (χ4n) is 1.14. The molecule has 1 aromatic carbocycles. The maximum atomic E-state index is 10.8. The van der Waals surface area contributed by atoms with Crippen LogP contribution in [0.5, 0.6) is 0 Å². The first-order chi connectivity index (χ1) is 7.00. The molecule has 0 fully saturated rings. The molecular weight excluding hydrogens is 196 g/mol. The van der Waals surface area contributed by atoms with Gasteiger partial charge in [0.05, 0.1) is 6.42 Å². The van der Waals surface area contributed by atoms with Crippen LogP contribution in [-0.2, 0) is 11.2 Å². The zero-order valence-electron chi connectivity index (χ0n) is 8.30. The minimum absolute atomic E-state index is 0.0272. The molecule has 0 saturated heterocycles. The molecule has 0 aliphatic rings. The van der Waals surface area contributed by atoms with E-state index < -0.39 is 12.0 Å². The molecule has 0 unspecified atom stereocenters. The van der Waals surface area contributed by atoms with Gasteiger partial charge in [0.1, 0.15) is 0 Å². The molecule has 15 heavy (non-hydrogen) atoms. The molecule has 1 aromatic rings. The summed E-state index contributed by atoms with van der Waals surface area (Å²) in [4.78, 5) is 22.5. The van der Waals surface area contributed by atoms with E-state index in [1.54, 1.807) is 31.3 Å². The molecule has 80 valence electrons.